The van der Waals surface area contributed by atoms with Gasteiger partial charge in [-0.3, -0.25) is 4.31 Å². The summed E-state index contributed by atoms with van der Waals surface area (Å²) < 4.78 is 61.6. The van der Waals surface area contributed by atoms with Crippen LogP contribution in [-0.4, -0.2) is 20.7 Å². The maximum atomic E-state index is 12.5. The fourth-order valence-corrected chi connectivity index (χ4v) is 3.32. The van der Waals surface area contributed by atoms with Crippen LogP contribution in [0.2, 0.25) is 0 Å². The van der Waals surface area contributed by atoms with Crippen LogP contribution in [0, 0.1) is 0 Å². The zero-order valence-electron chi connectivity index (χ0n) is 8.74. The molecule has 0 bridgehead atoms. The fraction of sp³-hybridized carbons (Fsp3) is 0.400. The molecule has 0 aliphatic carbocycles. The van der Waals surface area contributed by atoms with Crippen LogP contribution in [-0.2, 0) is 16.2 Å². The molecule has 1 heterocycles. The number of sulfonamides is 1. The van der Waals surface area contributed by atoms with Crippen molar-refractivity contribution in [2.45, 2.75) is 12.6 Å². The molecule has 1 aliphatic heterocycles. The van der Waals surface area contributed by atoms with Crippen molar-refractivity contribution < 1.29 is 21.6 Å². The van der Waals surface area contributed by atoms with Gasteiger partial charge in [-0.15, -0.1) is 0 Å². The number of halogens is 3. The van der Waals surface area contributed by atoms with E-state index in [-0.39, 0.29) is 18.0 Å². The highest BCUT2D eigenvalue weighted by atomic mass is 32.2. The summed E-state index contributed by atoms with van der Waals surface area (Å²) in [4.78, 5) is 0. The summed E-state index contributed by atoms with van der Waals surface area (Å²) in [5.74, 6) is -0.0107. The maximum Gasteiger partial charge on any atom is 0.416 e. The van der Waals surface area contributed by atoms with Crippen molar-refractivity contribution >= 4 is 15.7 Å². The average molecular weight is 265 g/mol. The Labute approximate surface area is 96.9 Å². The Kier molecular flexibility index (Phi) is 2.81. The lowest BCUT2D eigenvalue weighted by molar-refractivity contribution is -0.137. The Hall–Kier alpha value is -1.24. The lowest BCUT2D eigenvalue weighted by Gasteiger charge is -2.18. The van der Waals surface area contributed by atoms with Crippen molar-refractivity contribution in [1.29, 1.82) is 0 Å². The highest BCUT2D eigenvalue weighted by Crippen LogP contribution is 2.33. The van der Waals surface area contributed by atoms with E-state index in [1.807, 2.05) is 0 Å². The van der Waals surface area contributed by atoms with Crippen LogP contribution in [0.4, 0.5) is 18.9 Å². The van der Waals surface area contributed by atoms with Crippen LogP contribution in [0.3, 0.4) is 0 Å². The van der Waals surface area contributed by atoms with Gasteiger partial charge in [-0.1, -0.05) is 6.07 Å². The standard InChI is InChI=1S/C10H10F3NO2S/c11-10(12,13)8-3-1-4-9(7-8)14-5-2-6-17(14,15)16/h1,3-4,7H,2,5-6H2. The minimum Gasteiger partial charge on any atom is -0.270 e. The Morgan fingerprint density at radius 1 is 1.24 bits per heavy atom. The molecule has 0 unspecified atom stereocenters. The van der Waals surface area contributed by atoms with Crippen LogP contribution in [0.1, 0.15) is 12.0 Å². The minimum absolute atomic E-state index is 0.0107. The van der Waals surface area contributed by atoms with Crippen molar-refractivity contribution in [1.82, 2.24) is 0 Å². The van der Waals surface area contributed by atoms with Gasteiger partial charge in [-0.05, 0) is 24.6 Å². The number of rotatable bonds is 1. The SMILES string of the molecule is O=S1(=O)CCCN1c1cccc(C(F)(F)F)c1. The molecule has 1 aliphatic rings. The molecule has 0 atom stereocenters. The average Bonchev–Trinajstić information content (AvgIpc) is 2.57. The largest absolute Gasteiger partial charge is 0.416 e. The first-order valence-corrected chi connectivity index (χ1v) is 6.59. The summed E-state index contributed by atoms with van der Waals surface area (Å²) >= 11 is 0. The zero-order valence-corrected chi connectivity index (χ0v) is 9.55. The van der Waals surface area contributed by atoms with E-state index in [9.17, 15) is 21.6 Å². The second kappa shape index (κ2) is 3.90. The van der Waals surface area contributed by atoms with Crippen LogP contribution in [0.25, 0.3) is 0 Å². The number of hydrogen-bond donors (Lipinski definition) is 0. The first kappa shape index (κ1) is 12.2. The highest BCUT2D eigenvalue weighted by Gasteiger charge is 2.33. The molecule has 0 aromatic heterocycles. The molecule has 3 nitrogen and oxygen atoms in total. The van der Waals surface area contributed by atoms with Crippen LogP contribution in [0.5, 0.6) is 0 Å². The third-order valence-electron chi connectivity index (χ3n) is 2.56. The third-order valence-corrected chi connectivity index (χ3v) is 4.43. The van der Waals surface area contributed by atoms with E-state index < -0.39 is 21.8 Å². The van der Waals surface area contributed by atoms with Gasteiger partial charge in [-0.25, -0.2) is 8.42 Å². The Morgan fingerprint density at radius 2 is 1.94 bits per heavy atom. The van der Waals surface area contributed by atoms with E-state index >= 15 is 0 Å². The second-order valence-corrected chi connectivity index (χ2v) is 5.80. The van der Waals surface area contributed by atoms with Crippen molar-refractivity contribution in [2.24, 2.45) is 0 Å². The molecule has 7 heteroatoms. The monoisotopic (exact) mass is 265 g/mol. The van der Waals surface area contributed by atoms with Gasteiger partial charge in [0.1, 0.15) is 0 Å². The topological polar surface area (TPSA) is 37.4 Å². The lowest BCUT2D eigenvalue weighted by Crippen LogP contribution is -2.25. The molecule has 1 fully saturated rings. The van der Waals surface area contributed by atoms with Crippen molar-refractivity contribution in [3.05, 3.63) is 29.8 Å². The zero-order chi connectivity index (χ0) is 12.7. The van der Waals surface area contributed by atoms with Crippen molar-refractivity contribution in [3.8, 4) is 0 Å². The fourth-order valence-electron chi connectivity index (χ4n) is 1.77. The first-order valence-electron chi connectivity index (χ1n) is 4.98. The Bertz CT molecular complexity index is 525. The molecule has 1 saturated heterocycles. The van der Waals surface area contributed by atoms with E-state index in [2.05, 4.69) is 0 Å². The number of alkyl halides is 3. The molecular formula is C10H10F3NO2S. The molecule has 0 spiro atoms. The Morgan fingerprint density at radius 3 is 2.47 bits per heavy atom. The van der Waals surface area contributed by atoms with Crippen molar-refractivity contribution in [3.63, 3.8) is 0 Å². The van der Waals surface area contributed by atoms with Gasteiger partial charge < -0.3 is 0 Å². The minimum atomic E-state index is -4.46. The number of benzene rings is 1. The summed E-state index contributed by atoms with van der Waals surface area (Å²) in [5.41, 5.74) is -0.755. The number of hydrogen-bond acceptors (Lipinski definition) is 2. The van der Waals surface area contributed by atoms with Gasteiger partial charge in [0.15, 0.2) is 0 Å². The normalized spacial score (nSPS) is 19.6. The van der Waals surface area contributed by atoms with Crippen molar-refractivity contribution in [2.75, 3.05) is 16.6 Å². The first-order chi connectivity index (χ1) is 7.81. The number of anilines is 1. The predicted molar refractivity (Wildman–Crippen MR) is 57.2 cm³/mol. The molecule has 0 saturated carbocycles. The van der Waals surface area contributed by atoms with Crippen LogP contribution >= 0.6 is 0 Å². The van der Waals surface area contributed by atoms with E-state index in [0.717, 1.165) is 16.4 Å². The van der Waals surface area contributed by atoms with Crippen LogP contribution in [0.15, 0.2) is 24.3 Å². The highest BCUT2D eigenvalue weighted by molar-refractivity contribution is 7.93. The van der Waals surface area contributed by atoms with Gasteiger partial charge in [0, 0.05) is 6.54 Å². The maximum absolute atomic E-state index is 12.5. The number of nitrogens with zero attached hydrogens (tertiary/aromatic N) is 1. The van der Waals surface area contributed by atoms with E-state index in [1.165, 1.54) is 12.1 Å². The molecular weight excluding hydrogens is 255 g/mol. The summed E-state index contributed by atoms with van der Waals surface area (Å²) in [5, 5.41) is 0. The lowest BCUT2D eigenvalue weighted by atomic mass is 10.2. The van der Waals surface area contributed by atoms with Gasteiger partial charge in [0.05, 0.1) is 17.0 Å². The quantitative estimate of drug-likeness (QED) is 0.781. The Balaban J connectivity index is 2.41. The van der Waals surface area contributed by atoms with E-state index in [0.29, 0.717) is 6.42 Å². The van der Waals surface area contributed by atoms with E-state index in [4.69, 9.17) is 0 Å². The second-order valence-electron chi connectivity index (χ2n) is 3.79. The smallest absolute Gasteiger partial charge is 0.270 e. The molecule has 94 valence electrons. The summed E-state index contributed by atoms with van der Waals surface area (Å²) in [6.07, 6.45) is -4.02. The molecule has 2 rings (SSSR count). The van der Waals surface area contributed by atoms with Gasteiger partial charge in [0.2, 0.25) is 10.0 Å². The third kappa shape index (κ3) is 2.38. The van der Waals surface area contributed by atoms with E-state index in [1.54, 1.807) is 0 Å². The van der Waals surface area contributed by atoms with Gasteiger partial charge in [-0.2, -0.15) is 13.2 Å². The summed E-state index contributed by atoms with van der Waals surface area (Å²) in [7, 11) is -3.44. The molecule has 1 aromatic rings. The summed E-state index contributed by atoms with van der Waals surface area (Å²) in [6.45, 7) is 0.240. The molecule has 0 N–H and O–H groups in total. The van der Waals surface area contributed by atoms with Gasteiger partial charge in [0.25, 0.3) is 0 Å². The molecule has 0 amide bonds. The summed E-state index contributed by atoms with van der Waals surface area (Å²) in [6, 6.07) is 4.37. The van der Waals surface area contributed by atoms with Crippen LogP contribution < -0.4 is 4.31 Å². The molecule has 0 radical (unpaired) electrons. The molecule has 1 aromatic carbocycles. The molecule has 17 heavy (non-hydrogen) atoms. The van der Waals surface area contributed by atoms with Gasteiger partial charge >= 0.3 is 6.18 Å². The predicted octanol–water partition coefficient (Wildman–Crippen LogP) is 2.25.